The van der Waals surface area contributed by atoms with Gasteiger partial charge in [-0.2, -0.15) is 0 Å². The average molecular weight is 289 g/mol. The third-order valence-corrected chi connectivity index (χ3v) is 4.70. The van der Waals surface area contributed by atoms with Gasteiger partial charge < -0.3 is 10.0 Å². The van der Waals surface area contributed by atoms with Crippen molar-refractivity contribution in [1.29, 1.82) is 0 Å². The van der Waals surface area contributed by atoms with Crippen LogP contribution in [0.5, 0.6) is 0 Å². The van der Waals surface area contributed by atoms with Gasteiger partial charge >= 0.3 is 5.97 Å². The molecule has 0 spiro atoms. The number of carbonyl (C=O) groups excluding carboxylic acids is 1. The summed E-state index contributed by atoms with van der Waals surface area (Å²) < 4.78 is 0. The lowest BCUT2D eigenvalue weighted by Crippen LogP contribution is -2.49. The predicted octanol–water partition coefficient (Wildman–Crippen LogP) is 2.74. The first kappa shape index (κ1) is 15.5. The molecule has 1 saturated carbocycles. The van der Waals surface area contributed by atoms with E-state index < -0.39 is 17.4 Å². The number of hydrogen-bond acceptors (Lipinski definition) is 2. The fraction of sp³-hybridized carbons (Fsp3) is 0.529. The number of aryl methyl sites for hydroxylation is 1. The van der Waals surface area contributed by atoms with Crippen molar-refractivity contribution in [2.45, 2.75) is 51.0 Å². The number of nitrogens with zero attached hydrogens (tertiary/aromatic N) is 1. The Bertz CT molecular complexity index is 547. The van der Waals surface area contributed by atoms with Gasteiger partial charge in [0.2, 0.25) is 5.91 Å². The van der Waals surface area contributed by atoms with Gasteiger partial charge in [0.1, 0.15) is 6.04 Å². The highest BCUT2D eigenvalue weighted by Crippen LogP contribution is 2.43. The molecule has 1 unspecified atom stereocenters. The van der Waals surface area contributed by atoms with Gasteiger partial charge in [-0.05, 0) is 32.3 Å². The molecule has 0 aliphatic heterocycles. The highest BCUT2D eigenvalue weighted by molar-refractivity contribution is 5.91. The minimum absolute atomic E-state index is 0.0690. The number of carboxylic acids is 1. The van der Waals surface area contributed by atoms with Crippen LogP contribution in [-0.4, -0.2) is 35.0 Å². The molecule has 0 aromatic heterocycles. The Morgan fingerprint density at radius 3 is 2.43 bits per heavy atom. The van der Waals surface area contributed by atoms with Gasteiger partial charge in [0.25, 0.3) is 0 Å². The van der Waals surface area contributed by atoms with Gasteiger partial charge in [0.15, 0.2) is 0 Å². The summed E-state index contributed by atoms with van der Waals surface area (Å²) in [7, 11) is 1.59. The van der Waals surface area contributed by atoms with Gasteiger partial charge in [-0.15, -0.1) is 0 Å². The largest absolute Gasteiger partial charge is 0.480 e. The molecule has 0 bridgehead atoms. The van der Waals surface area contributed by atoms with Gasteiger partial charge in [0, 0.05) is 7.05 Å². The molecular formula is C17H23NO3. The maximum atomic E-state index is 13.0. The first-order valence-electron chi connectivity index (χ1n) is 7.46. The van der Waals surface area contributed by atoms with Crippen LogP contribution in [0.2, 0.25) is 0 Å². The summed E-state index contributed by atoms with van der Waals surface area (Å²) in [5, 5.41) is 9.15. The van der Waals surface area contributed by atoms with E-state index in [1.54, 1.807) is 14.0 Å². The molecule has 1 aliphatic carbocycles. The normalized spacial score (nSPS) is 18.2. The fourth-order valence-electron chi connectivity index (χ4n) is 3.23. The van der Waals surface area contributed by atoms with E-state index in [-0.39, 0.29) is 5.91 Å². The molecule has 1 amide bonds. The molecular weight excluding hydrogens is 266 g/mol. The van der Waals surface area contributed by atoms with Gasteiger partial charge in [-0.1, -0.05) is 42.7 Å². The van der Waals surface area contributed by atoms with E-state index in [2.05, 4.69) is 6.07 Å². The molecule has 1 atom stereocenters. The van der Waals surface area contributed by atoms with E-state index in [0.717, 1.165) is 36.8 Å². The zero-order valence-electron chi connectivity index (χ0n) is 12.9. The Labute approximate surface area is 125 Å². The van der Waals surface area contributed by atoms with Crippen LogP contribution in [0.25, 0.3) is 0 Å². The lowest BCUT2D eigenvalue weighted by molar-refractivity contribution is -0.150. The van der Waals surface area contributed by atoms with E-state index in [1.807, 2.05) is 25.1 Å². The first-order chi connectivity index (χ1) is 9.88. The molecule has 1 N–H and O–H groups in total. The number of benzene rings is 1. The Kier molecular flexibility index (Phi) is 4.35. The smallest absolute Gasteiger partial charge is 0.326 e. The number of hydrogen-bond donors (Lipinski definition) is 1. The van der Waals surface area contributed by atoms with Crippen molar-refractivity contribution in [2.24, 2.45) is 0 Å². The Morgan fingerprint density at radius 2 is 1.90 bits per heavy atom. The number of likely N-dealkylation sites (N-methyl/N-ethyl adjacent to an activating group) is 1. The maximum absolute atomic E-state index is 13.0. The van der Waals surface area contributed by atoms with Gasteiger partial charge in [-0.3, -0.25) is 4.79 Å². The van der Waals surface area contributed by atoms with Crippen LogP contribution >= 0.6 is 0 Å². The lowest BCUT2D eigenvalue weighted by Gasteiger charge is -2.34. The number of aliphatic carboxylic acids is 1. The molecule has 0 radical (unpaired) electrons. The second-order valence-corrected chi connectivity index (χ2v) is 6.09. The number of amides is 1. The summed E-state index contributed by atoms with van der Waals surface area (Å²) >= 11 is 0. The van der Waals surface area contributed by atoms with Crippen molar-refractivity contribution < 1.29 is 14.7 Å². The van der Waals surface area contributed by atoms with E-state index in [9.17, 15) is 9.59 Å². The van der Waals surface area contributed by atoms with Crippen LogP contribution in [0.1, 0.15) is 43.7 Å². The molecule has 4 nitrogen and oxygen atoms in total. The van der Waals surface area contributed by atoms with E-state index in [1.165, 1.54) is 4.90 Å². The van der Waals surface area contributed by atoms with Crippen molar-refractivity contribution in [1.82, 2.24) is 4.90 Å². The lowest BCUT2D eigenvalue weighted by atomic mass is 9.77. The van der Waals surface area contributed by atoms with E-state index in [0.29, 0.717) is 0 Å². The standard InChI is InChI=1S/C17H23NO3/c1-12-7-6-8-14(11-12)17(9-4-5-10-17)16(21)18(3)13(2)15(19)20/h6-8,11,13H,4-5,9-10H2,1-3H3,(H,19,20). The molecule has 114 valence electrons. The first-order valence-corrected chi connectivity index (χ1v) is 7.46. The zero-order valence-corrected chi connectivity index (χ0v) is 12.9. The summed E-state index contributed by atoms with van der Waals surface area (Å²) in [6, 6.07) is 7.23. The molecule has 0 saturated heterocycles. The Morgan fingerprint density at radius 1 is 1.29 bits per heavy atom. The van der Waals surface area contributed by atoms with E-state index in [4.69, 9.17) is 5.11 Å². The van der Waals surface area contributed by atoms with E-state index >= 15 is 0 Å². The number of carboxylic acid groups (broad SMARTS) is 1. The second kappa shape index (κ2) is 5.88. The minimum atomic E-state index is -0.969. The molecule has 1 aromatic rings. The molecule has 1 aromatic carbocycles. The quantitative estimate of drug-likeness (QED) is 0.927. The Hall–Kier alpha value is -1.84. The average Bonchev–Trinajstić information content (AvgIpc) is 2.95. The van der Waals surface area contributed by atoms with Crippen LogP contribution in [0, 0.1) is 6.92 Å². The highest BCUT2D eigenvalue weighted by atomic mass is 16.4. The SMILES string of the molecule is Cc1cccc(C2(C(=O)N(C)C(C)C(=O)O)CCCC2)c1. The number of carbonyl (C=O) groups is 2. The zero-order chi connectivity index (χ0) is 15.6. The fourth-order valence-corrected chi connectivity index (χ4v) is 3.23. The summed E-state index contributed by atoms with van der Waals surface area (Å²) in [6.07, 6.45) is 3.61. The summed E-state index contributed by atoms with van der Waals surface area (Å²) in [6.45, 7) is 3.57. The van der Waals surface area contributed by atoms with Crippen LogP contribution in [0.15, 0.2) is 24.3 Å². The predicted molar refractivity (Wildman–Crippen MR) is 81.2 cm³/mol. The molecule has 1 fully saturated rings. The van der Waals surface area contributed by atoms with Crippen molar-refractivity contribution in [2.75, 3.05) is 7.05 Å². The monoisotopic (exact) mass is 289 g/mol. The molecule has 2 rings (SSSR count). The van der Waals surface area contributed by atoms with Crippen LogP contribution in [-0.2, 0) is 15.0 Å². The Balaban J connectivity index is 2.39. The second-order valence-electron chi connectivity index (χ2n) is 6.09. The third-order valence-electron chi connectivity index (χ3n) is 4.70. The third kappa shape index (κ3) is 2.80. The number of rotatable bonds is 4. The topological polar surface area (TPSA) is 57.6 Å². The molecule has 1 aliphatic rings. The van der Waals surface area contributed by atoms with Gasteiger partial charge in [-0.25, -0.2) is 4.79 Å². The van der Waals surface area contributed by atoms with Crippen molar-refractivity contribution in [3.8, 4) is 0 Å². The summed E-state index contributed by atoms with van der Waals surface area (Å²) in [5.41, 5.74) is 1.60. The summed E-state index contributed by atoms with van der Waals surface area (Å²) in [4.78, 5) is 25.5. The summed E-state index contributed by atoms with van der Waals surface area (Å²) in [5.74, 6) is -1.04. The van der Waals surface area contributed by atoms with Crippen LogP contribution in [0.4, 0.5) is 0 Å². The molecule has 21 heavy (non-hydrogen) atoms. The minimum Gasteiger partial charge on any atom is -0.480 e. The molecule has 4 heteroatoms. The van der Waals surface area contributed by atoms with Crippen LogP contribution < -0.4 is 0 Å². The maximum Gasteiger partial charge on any atom is 0.326 e. The van der Waals surface area contributed by atoms with Gasteiger partial charge in [0.05, 0.1) is 5.41 Å². The van der Waals surface area contributed by atoms with Crippen LogP contribution in [0.3, 0.4) is 0 Å². The van der Waals surface area contributed by atoms with Crippen molar-refractivity contribution >= 4 is 11.9 Å². The van der Waals surface area contributed by atoms with Crippen molar-refractivity contribution in [3.63, 3.8) is 0 Å². The molecule has 0 heterocycles. The van der Waals surface area contributed by atoms with Crippen molar-refractivity contribution in [3.05, 3.63) is 35.4 Å². The highest BCUT2D eigenvalue weighted by Gasteiger charge is 2.45.